The fourth-order valence-corrected chi connectivity index (χ4v) is 2.26. The van der Waals surface area contributed by atoms with Gasteiger partial charge in [-0.05, 0) is 36.1 Å². The van der Waals surface area contributed by atoms with Gasteiger partial charge >= 0.3 is 0 Å². The summed E-state index contributed by atoms with van der Waals surface area (Å²) in [6.45, 7) is 8.83. The zero-order valence-electron chi connectivity index (χ0n) is 10.9. The first-order chi connectivity index (χ1) is 8.02. The predicted molar refractivity (Wildman–Crippen MR) is 71.7 cm³/mol. The monoisotopic (exact) mass is 227 g/mol. The molecule has 1 atom stereocenters. The lowest BCUT2D eigenvalue weighted by molar-refractivity contribution is 0.346. The normalized spacial score (nSPS) is 13.9. The average Bonchev–Trinajstić information content (AvgIpc) is 2.28. The first-order valence-electron chi connectivity index (χ1n) is 6.03. The van der Waals surface area contributed by atoms with Crippen LogP contribution < -0.4 is 0 Å². The minimum absolute atomic E-state index is 0.192. The molecule has 0 aliphatic rings. The van der Waals surface area contributed by atoms with Gasteiger partial charge in [-0.1, -0.05) is 27.7 Å². The quantitative estimate of drug-likeness (QED) is 0.775. The first-order valence-corrected chi connectivity index (χ1v) is 6.03. The average molecular weight is 227 g/mol. The van der Waals surface area contributed by atoms with Crippen LogP contribution >= 0.6 is 0 Å². The van der Waals surface area contributed by atoms with Gasteiger partial charge in [0.15, 0.2) is 0 Å². The molecule has 2 heterocycles. The first kappa shape index (κ1) is 12.0. The zero-order chi connectivity index (χ0) is 12.5. The molecule has 1 radical (unpaired) electrons. The molecule has 0 aromatic carbocycles. The Labute approximate surface area is 103 Å². The third-order valence-electron chi connectivity index (χ3n) is 3.06. The number of rotatable bonds is 2. The molecule has 2 aromatic rings. The Hall–Kier alpha value is -1.44. The standard InChI is InChI=1S/C15H19N2/c1-5-11(15(2,3)4)12-8-9-13-14(17-12)7-6-10-16-13/h5-11H,1-4H3. The molecule has 2 heteroatoms. The van der Waals surface area contributed by atoms with Gasteiger partial charge in [0.25, 0.3) is 0 Å². The van der Waals surface area contributed by atoms with Crippen LogP contribution in [0, 0.1) is 11.8 Å². The maximum Gasteiger partial charge on any atom is 0.0890 e. The highest BCUT2D eigenvalue weighted by Gasteiger charge is 2.25. The highest BCUT2D eigenvalue weighted by Crippen LogP contribution is 2.36. The summed E-state index contributed by atoms with van der Waals surface area (Å²) < 4.78 is 0. The van der Waals surface area contributed by atoms with Gasteiger partial charge in [-0.15, -0.1) is 0 Å². The summed E-state index contributed by atoms with van der Waals surface area (Å²) in [6.07, 6.45) is 4.03. The Bertz CT molecular complexity index is 512. The van der Waals surface area contributed by atoms with E-state index in [0.29, 0.717) is 5.92 Å². The lowest BCUT2D eigenvalue weighted by Gasteiger charge is -2.29. The summed E-state index contributed by atoms with van der Waals surface area (Å²) in [5.41, 5.74) is 3.25. The largest absolute Gasteiger partial charge is 0.255 e. The summed E-state index contributed by atoms with van der Waals surface area (Å²) in [5.74, 6) is 0.368. The van der Waals surface area contributed by atoms with E-state index in [1.807, 2.05) is 12.1 Å². The van der Waals surface area contributed by atoms with Crippen LogP contribution in [-0.2, 0) is 0 Å². The molecule has 0 saturated heterocycles. The van der Waals surface area contributed by atoms with Crippen molar-refractivity contribution in [3.05, 3.63) is 42.6 Å². The number of nitrogens with zero attached hydrogens (tertiary/aromatic N) is 2. The molecular formula is C15H19N2. The molecule has 2 aromatic heterocycles. The summed E-state index contributed by atoms with van der Waals surface area (Å²) >= 11 is 0. The van der Waals surface area contributed by atoms with E-state index in [1.54, 1.807) is 6.20 Å². The Morgan fingerprint density at radius 3 is 2.53 bits per heavy atom. The maximum atomic E-state index is 4.72. The van der Waals surface area contributed by atoms with Gasteiger partial charge in [0.1, 0.15) is 0 Å². The molecule has 0 aliphatic carbocycles. The van der Waals surface area contributed by atoms with E-state index >= 15 is 0 Å². The topological polar surface area (TPSA) is 25.8 Å². The van der Waals surface area contributed by atoms with E-state index in [4.69, 9.17) is 4.98 Å². The highest BCUT2D eigenvalue weighted by molar-refractivity contribution is 5.73. The third kappa shape index (κ3) is 2.46. The number of hydrogen-bond acceptors (Lipinski definition) is 2. The molecule has 0 amide bonds. The van der Waals surface area contributed by atoms with E-state index < -0.39 is 0 Å². The van der Waals surface area contributed by atoms with Crippen molar-refractivity contribution >= 4 is 11.0 Å². The van der Waals surface area contributed by atoms with Crippen LogP contribution in [0.3, 0.4) is 0 Å². The molecule has 0 aliphatic heterocycles. The fourth-order valence-electron chi connectivity index (χ4n) is 2.26. The Morgan fingerprint density at radius 1 is 1.12 bits per heavy atom. The van der Waals surface area contributed by atoms with Crippen LogP contribution in [0.25, 0.3) is 11.0 Å². The molecule has 89 valence electrons. The molecule has 0 spiro atoms. The van der Waals surface area contributed by atoms with Gasteiger partial charge in [0.05, 0.1) is 11.0 Å². The molecule has 17 heavy (non-hydrogen) atoms. The SMILES string of the molecule is C[CH]C(c1ccc2ncccc2n1)C(C)(C)C. The molecule has 0 N–H and O–H groups in total. The molecule has 2 nitrogen and oxygen atoms in total. The maximum absolute atomic E-state index is 4.72. The molecule has 0 bridgehead atoms. The van der Waals surface area contributed by atoms with Crippen molar-refractivity contribution in [2.24, 2.45) is 5.41 Å². The second-order valence-electron chi connectivity index (χ2n) is 5.45. The third-order valence-corrected chi connectivity index (χ3v) is 3.06. The van der Waals surface area contributed by atoms with Crippen LogP contribution in [0.1, 0.15) is 39.3 Å². The molecular weight excluding hydrogens is 208 g/mol. The fraction of sp³-hybridized carbons (Fsp3) is 0.400. The van der Waals surface area contributed by atoms with Gasteiger partial charge in [0.2, 0.25) is 0 Å². The number of fused-ring (bicyclic) bond motifs is 1. The van der Waals surface area contributed by atoms with Gasteiger partial charge in [-0.25, -0.2) is 0 Å². The Kier molecular flexibility index (Phi) is 3.14. The van der Waals surface area contributed by atoms with Crippen LogP contribution in [0.2, 0.25) is 0 Å². The second-order valence-corrected chi connectivity index (χ2v) is 5.45. The van der Waals surface area contributed by atoms with Gasteiger partial charge in [0, 0.05) is 17.8 Å². The van der Waals surface area contributed by atoms with Crippen LogP contribution in [0.15, 0.2) is 30.5 Å². The van der Waals surface area contributed by atoms with Crippen molar-refractivity contribution < 1.29 is 0 Å². The molecule has 0 saturated carbocycles. The summed E-state index contributed by atoms with van der Waals surface area (Å²) in [7, 11) is 0. The predicted octanol–water partition coefficient (Wildman–Crippen LogP) is 3.98. The van der Waals surface area contributed by atoms with Gasteiger partial charge < -0.3 is 0 Å². The molecule has 0 fully saturated rings. The van der Waals surface area contributed by atoms with Crippen LogP contribution in [-0.4, -0.2) is 9.97 Å². The number of hydrogen-bond donors (Lipinski definition) is 0. The minimum atomic E-state index is 0.192. The minimum Gasteiger partial charge on any atom is -0.255 e. The molecule has 1 unspecified atom stereocenters. The molecule has 2 rings (SSSR count). The Morgan fingerprint density at radius 2 is 1.88 bits per heavy atom. The number of pyridine rings is 2. The van der Waals surface area contributed by atoms with E-state index in [1.165, 1.54) is 0 Å². The highest BCUT2D eigenvalue weighted by atomic mass is 14.8. The van der Waals surface area contributed by atoms with E-state index in [2.05, 4.69) is 51.2 Å². The van der Waals surface area contributed by atoms with Crippen LogP contribution in [0.4, 0.5) is 0 Å². The zero-order valence-corrected chi connectivity index (χ0v) is 10.9. The summed E-state index contributed by atoms with van der Waals surface area (Å²) in [6, 6.07) is 8.09. The van der Waals surface area contributed by atoms with E-state index in [9.17, 15) is 0 Å². The van der Waals surface area contributed by atoms with Gasteiger partial charge in [-0.2, -0.15) is 0 Å². The van der Waals surface area contributed by atoms with Gasteiger partial charge in [-0.3, -0.25) is 9.97 Å². The van der Waals surface area contributed by atoms with Crippen molar-refractivity contribution in [2.75, 3.05) is 0 Å². The van der Waals surface area contributed by atoms with Crippen molar-refractivity contribution in [3.8, 4) is 0 Å². The lowest BCUT2D eigenvalue weighted by atomic mass is 9.77. The Balaban J connectivity index is 2.48. The lowest BCUT2D eigenvalue weighted by Crippen LogP contribution is -2.19. The summed E-state index contributed by atoms with van der Waals surface area (Å²) in [4.78, 5) is 9.02. The van der Waals surface area contributed by atoms with Crippen molar-refractivity contribution in [3.63, 3.8) is 0 Å². The second kappa shape index (κ2) is 4.44. The van der Waals surface area contributed by atoms with E-state index in [-0.39, 0.29) is 5.41 Å². The van der Waals surface area contributed by atoms with E-state index in [0.717, 1.165) is 16.7 Å². The van der Waals surface area contributed by atoms with Crippen molar-refractivity contribution in [1.29, 1.82) is 0 Å². The number of aromatic nitrogens is 2. The van der Waals surface area contributed by atoms with Crippen molar-refractivity contribution in [2.45, 2.75) is 33.6 Å². The van der Waals surface area contributed by atoms with Crippen LogP contribution in [0.5, 0.6) is 0 Å². The van der Waals surface area contributed by atoms with Crippen molar-refractivity contribution in [1.82, 2.24) is 9.97 Å². The summed E-state index contributed by atoms with van der Waals surface area (Å²) in [5, 5.41) is 0. The smallest absolute Gasteiger partial charge is 0.0890 e.